The van der Waals surface area contributed by atoms with Crippen LogP contribution in [0, 0.1) is 0 Å². The fraction of sp³-hybridized carbons (Fsp3) is 0.750. The van der Waals surface area contributed by atoms with Crippen molar-refractivity contribution in [3.8, 4) is 0 Å². The fourth-order valence-corrected chi connectivity index (χ4v) is 2.05. The molecule has 0 aromatic carbocycles. The molecular weight excluding hydrogens is 218 g/mol. The highest BCUT2D eigenvalue weighted by Gasteiger charge is 2.16. The Morgan fingerprint density at radius 2 is 2.59 bits per heavy atom. The summed E-state index contributed by atoms with van der Waals surface area (Å²) in [4.78, 5) is 4.31. The molecule has 17 heavy (non-hydrogen) atoms. The molecule has 5 nitrogen and oxygen atoms in total. The van der Waals surface area contributed by atoms with Crippen LogP contribution in [0.1, 0.15) is 19.3 Å². The molecule has 0 spiro atoms. The summed E-state index contributed by atoms with van der Waals surface area (Å²) in [5.41, 5.74) is 0. The van der Waals surface area contributed by atoms with Gasteiger partial charge in [0.2, 0.25) is 5.95 Å². The minimum absolute atomic E-state index is 0.351. The molecule has 2 heterocycles. The maximum Gasteiger partial charge on any atom is 0.202 e. The highest BCUT2D eigenvalue weighted by Crippen LogP contribution is 2.16. The van der Waals surface area contributed by atoms with Gasteiger partial charge in [0.1, 0.15) is 0 Å². The van der Waals surface area contributed by atoms with Crippen LogP contribution in [0.25, 0.3) is 0 Å². The van der Waals surface area contributed by atoms with E-state index in [-0.39, 0.29) is 0 Å². The first-order valence-corrected chi connectivity index (χ1v) is 6.25. The first-order chi connectivity index (χ1) is 8.40. The Morgan fingerprint density at radius 3 is 3.35 bits per heavy atom. The van der Waals surface area contributed by atoms with Crippen LogP contribution < -0.4 is 5.32 Å². The van der Waals surface area contributed by atoms with Gasteiger partial charge in [0, 0.05) is 39.3 Å². The summed E-state index contributed by atoms with van der Waals surface area (Å²) in [6.45, 7) is 3.46. The van der Waals surface area contributed by atoms with Crippen molar-refractivity contribution in [1.82, 2.24) is 9.55 Å². The Labute approximate surface area is 102 Å². The number of anilines is 1. The van der Waals surface area contributed by atoms with Crippen molar-refractivity contribution in [2.24, 2.45) is 0 Å². The van der Waals surface area contributed by atoms with E-state index in [1.165, 1.54) is 6.42 Å². The molecule has 0 amide bonds. The van der Waals surface area contributed by atoms with Gasteiger partial charge in [-0.2, -0.15) is 0 Å². The first kappa shape index (κ1) is 12.4. The van der Waals surface area contributed by atoms with Gasteiger partial charge in [-0.15, -0.1) is 0 Å². The van der Waals surface area contributed by atoms with E-state index in [1.807, 2.05) is 12.4 Å². The van der Waals surface area contributed by atoms with Gasteiger partial charge in [0.05, 0.1) is 12.6 Å². The molecule has 1 aromatic heterocycles. The van der Waals surface area contributed by atoms with E-state index < -0.39 is 0 Å². The lowest BCUT2D eigenvalue weighted by molar-refractivity contribution is 0.0974. The third-order valence-electron chi connectivity index (χ3n) is 2.95. The Hall–Kier alpha value is -1.07. The van der Waals surface area contributed by atoms with Crippen molar-refractivity contribution >= 4 is 5.95 Å². The first-order valence-electron chi connectivity index (χ1n) is 6.25. The summed E-state index contributed by atoms with van der Waals surface area (Å²) in [5, 5.41) is 3.32. The second-order valence-corrected chi connectivity index (χ2v) is 4.31. The SMILES string of the molecule is COCCCNc1nccn1CC1CCCO1. The molecule has 1 aliphatic heterocycles. The van der Waals surface area contributed by atoms with Gasteiger partial charge in [-0.3, -0.25) is 0 Å². The molecular formula is C12H21N3O2. The average molecular weight is 239 g/mol. The lowest BCUT2D eigenvalue weighted by Crippen LogP contribution is -2.17. The number of nitrogens with zero attached hydrogens (tertiary/aromatic N) is 2. The second-order valence-electron chi connectivity index (χ2n) is 4.31. The van der Waals surface area contributed by atoms with Gasteiger partial charge < -0.3 is 19.4 Å². The number of hydrogen-bond donors (Lipinski definition) is 1. The maximum atomic E-state index is 5.63. The van der Waals surface area contributed by atoms with E-state index in [1.54, 1.807) is 7.11 Å². The van der Waals surface area contributed by atoms with Crippen LogP contribution in [0.3, 0.4) is 0 Å². The normalized spacial score (nSPS) is 19.7. The van der Waals surface area contributed by atoms with Gasteiger partial charge in [-0.05, 0) is 19.3 Å². The molecule has 1 aliphatic rings. The lowest BCUT2D eigenvalue weighted by atomic mass is 10.2. The zero-order valence-corrected chi connectivity index (χ0v) is 10.4. The largest absolute Gasteiger partial charge is 0.385 e. The smallest absolute Gasteiger partial charge is 0.202 e. The molecule has 96 valence electrons. The summed E-state index contributed by atoms with van der Waals surface area (Å²) in [6, 6.07) is 0. The van der Waals surface area contributed by atoms with Gasteiger partial charge in [0.25, 0.3) is 0 Å². The molecule has 1 N–H and O–H groups in total. The van der Waals surface area contributed by atoms with Crippen LogP contribution >= 0.6 is 0 Å². The number of rotatable bonds is 7. The number of methoxy groups -OCH3 is 1. The highest BCUT2D eigenvalue weighted by atomic mass is 16.5. The predicted octanol–water partition coefficient (Wildman–Crippen LogP) is 1.51. The zero-order chi connectivity index (χ0) is 11.9. The van der Waals surface area contributed by atoms with Crippen LogP contribution in [0.15, 0.2) is 12.4 Å². The minimum atomic E-state index is 0.351. The Morgan fingerprint density at radius 1 is 1.65 bits per heavy atom. The monoisotopic (exact) mass is 239 g/mol. The molecule has 1 saturated heterocycles. The van der Waals surface area contributed by atoms with Gasteiger partial charge in [0.15, 0.2) is 0 Å². The molecule has 1 unspecified atom stereocenters. The summed E-state index contributed by atoms with van der Waals surface area (Å²) in [5.74, 6) is 0.927. The van der Waals surface area contributed by atoms with E-state index >= 15 is 0 Å². The van der Waals surface area contributed by atoms with Crippen LogP contribution in [0.4, 0.5) is 5.95 Å². The van der Waals surface area contributed by atoms with Crippen LogP contribution in [-0.2, 0) is 16.0 Å². The molecule has 0 saturated carbocycles. The van der Waals surface area contributed by atoms with Gasteiger partial charge in [-0.1, -0.05) is 0 Å². The Balaban J connectivity index is 1.79. The summed E-state index contributed by atoms with van der Waals surface area (Å²) in [6.07, 6.45) is 7.50. The highest BCUT2D eigenvalue weighted by molar-refractivity contribution is 5.25. The van der Waals surface area contributed by atoms with E-state index in [4.69, 9.17) is 9.47 Å². The van der Waals surface area contributed by atoms with E-state index in [0.29, 0.717) is 6.10 Å². The van der Waals surface area contributed by atoms with Crippen molar-refractivity contribution < 1.29 is 9.47 Å². The van der Waals surface area contributed by atoms with Crippen LogP contribution in [0.2, 0.25) is 0 Å². The molecule has 1 aromatic rings. The third-order valence-corrected chi connectivity index (χ3v) is 2.95. The number of imidazole rings is 1. The average Bonchev–Trinajstić information content (AvgIpc) is 2.97. The van der Waals surface area contributed by atoms with E-state index in [0.717, 1.165) is 45.1 Å². The molecule has 0 radical (unpaired) electrons. The summed E-state index contributed by atoms with van der Waals surface area (Å²) < 4.78 is 12.8. The lowest BCUT2D eigenvalue weighted by Gasteiger charge is -2.13. The Bertz CT molecular complexity index is 321. The molecule has 1 atom stereocenters. The summed E-state index contributed by atoms with van der Waals surface area (Å²) in [7, 11) is 1.72. The van der Waals surface area contributed by atoms with Crippen LogP contribution in [0.5, 0.6) is 0 Å². The van der Waals surface area contributed by atoms with Crippen LogP contribution in [-0.4, -0.2) is 42.5 Å². The maximum absolute atomic E-state index is 5.63. The second kappa shape index (κ2) is 6.61. The van der Waals surface area contributed by atoms with Crippen molar-refractivity contribution in [1.29, 1.82) is 0 Å². The summed E-state index contributed by atoms with van der Waals surface area (Å²) >= 11 is 0. The number of nitrogens with one attached hydrogen (secondary N) is 1. The van der Waals surface area contributed by atoms with Crippen molar-refractivity contribution in [2.75, 3.05) is 32.2 Å². The molecule has 1 fully saturated rings. The minimum Gasteiger partial charge on any atom is -0.385 e. The quantitative estimate of drug-likeness (QED) is 0.733. The van der Waals surface area contributed by atoms with Crippen molar-refractivity contribution in [3.63, 3.8) is 0 Å². The predicted molar refractivity (Wildman–Crippen MR) is 66.2 cm³/mol. The topological polar surface area (TPSA) is 48.3 Å². The van der Waals surface area contributed by atoms with Gasteiger partial charge in [-0.25, -0.2) is 4.98 Å². The van der Waals surface area contributed by atoms with Crippen molar-refractivity contribution in [3.05, 3.63) is 12.4 Å². The third kappa shape index (κ3) is 3.71. The van der Waals surface area contributed by atoms with Gasteiger partial charge >= 0.3 is 0 Å². The number of aromatic nitrogens is 2. The molecule has 2 rings (SSSR count). The number of ether oxygens (including phenoxy) is 2. The molecule has 0 aliphatic carbocycles. The Kier molecular flexibility index (Phi) is 4.82. The fourth-order valence-electron chi connectivity index (χ4n) is 2.05. The van der Waals surface area contributed by atoms with Crippen molar-refractivity contribution in [2.45, 2.75) is 31.9 Å². The molecule has 0 bridgehead atoms. The standard InChI is InChI=1S/C12H21N3O2/c1-16-8-3-5-13-12-14-6-7-15(12)10-11-4-2-9-17-11/h6-7,11H,2-5,8-10H2,1H3,(H,13,14). The zero-order valence-electron chi connectivity index (χ0n) is 10.4. The van der Waals surface area contributed by atoms with E-state index in [2.05, 4.69) is 14.9 Å². The van der Waals surface area contributed by atoms with E-state index in [9.17, 15) is 0 Å². The number of hydrogen-bond acceptors (Lipinski definition) is 4. The molecule has 5 heteroatoms.